The molecule has 5 heterocycles. The van der Waals surface area contributed by atoms with E-state index in [1.807, 2.05) is 0 Å². The number of carboxylic acids is 1. The maximum absolute atomic E-state index is 15.2. The average molecular weight is 1250 g/mol. The van der Waals surface area contributed by atoms with E-state index in [2.05, 4.69) is 54.5 Å². The van der Waals surface area contributed by atoms with Crippen LogP contribution in [0.25, 0.3) is 0 Å². The highest BCUT2D eigenvalue weighted by Crippen LogP contribution is 2.76. The Labute approximate surface area is 503 Å². The smallest absolute Gasteiger partial charge is 0.335 e. The van der Waals surface area contributed by atoms with Gasteiger partial charge in [0.25, 0.3) is 0 Å². The Morgan fingerprint density at radius 3 is 1.74 bits per heavy atom. The van der Waals surface area contributed by atoms with Gasteiger partial charge in [-0.3, -0.25) is 4.79 Å². The molecule has 5 aliphatic carbocycles. The van der Waals surface area contributed by atoms with Crippen molar-refractivity contribution < 1.29 is 139 Å². The van der Waals surface area contributed by atoms with E-state index in [1.54, 1.807) is 0 Å². The molecule has 0 aromatic heterocycles. The fourth-order valence-corrected chi connectivity index (χ4v) is 17.6. The number of fused-ring (bicyclic) bond motifs is 7. The molecule has 4 saturated carbocycles. The molecule has 28 nitrogen and oxygen atoms in total. The molecule has 0 radical (unpaired) electrons. The van der Waals surface area contributed by atoms with E-state index in [4.69, 9.17) is 47.4 Å². The van der Waals surface area contributed by atoms with Crippen LogP contribution in [0.15, 0.2) is 11.6 Å². The van der Waals surface area contributed by atoms with Crippen molar-refractivity contribution in [3.8, 4) is 0 Å². The van der Waals surface area contributed by atoms with Gasteiger partial charge in [0.1, 0.15) is 110 Å². The maximum Gasteiger partial charge on any atom is 0.335 e. The SMILES string of the molecule is CC1(C)CCC2(C(=O)OC3OC(COC4OC(CO)C(O)C(O)C4O)C(O)C(O)C3O)CCC3(C)C(=CCC4C5(C)CCC(OC6OC(C(=O)O)C(OC7OCC(O)C(O)C7O)C(OC7OC(CO)C(O)C(O)C7O)C6O)C(C)(C)C5CCC43C)C2C1. The Balaban J connectivity index is 0.873. The lowest BCUT2D eigenvalue weighted by molar-refractivity contribution is -0.384. The van der Waals surface area contributed by atoms with Gasteiger partial charge < -0.3 is 129 Å². The first-order valence-corrected chi connectivity index (χ1v) is 30.7. The molecule has 498 valence electrons. The number of hydrogen-bond acceptors (Lipinski definition) is 27. The second-order valence-electron chi connectivity index (χ2n) is 28.7. The molecule has 5 aliphatic heterocycles. The number of rotatable bonds is 14. The third-order valence-electron chi connectivity index (χ3n) is 23.1. The molecule has 5 saturated heterocycles. The van der Waals surface area contributed by atoms with E-state index < -0.39 is 208 Å². The lowest BCUT2D eigenvalue weighted by atomic mass is 9.33. The van der Waals surface area contributed by atoms with Gasteiger partial charge in [0, 0.05) is 0 Å². The summed E-state index contributed by atoms with van der Waals surface area (Å²) in [5, 5.41) is 171. The van der Waals surface area contributed by atoms with E-state index in [0.717, 1.165) is 12.8 Å². The summed E-state index contributed by atoms with van der Waals surface area (Å²) in [6.07, 6.45) is -34.9. The summed E-state index contributed by atoms with van der Waals surface area (Å²) in [6, 6.07) is 0. The van der Waals surface area contributed by atoms with Crippen LogP contribution in [-0.4, -0.2) is 274 Å². The zero-order chi connectivity index (χ0) is 63.6. The van der Waals surface area contributed by atoms with Crippen LogP contribution in [0.2, 0.25) is 0 Å². The van der Waals surface area contributed by atoms with Gasteiger partial charge in [-0.15, -0.1) is 0 Å². The summed E-state index contributed by atoms with van der Waals surface area (Å²) in [7, 11) is 0. The summed E-state index contributed by atoms with van der Waals surface area (Å²) in [6.45, 7) is 12.8. The monoisotopic (exact) mass is 1250 g/mol. The van der Waals surface area contributed by atoms with Crippen LogP contribution >= 0.6 is 0 Å². The van der Waals surface area contributed by atoms with Gasteiger partial charge >= 0.3 is 11.9 Å². The molecular weight excluding hydrogens is 1160 g/mol. The predicted octanol–water partition coefficient (Wildman–Crippen LogP) is -3.48. The number of carbonyl (C=O) groups excluding carboxylic acids is 1. The van der Waals surface area contributed by atoms with E-state index >= 15 is 4.79 Å². The van der Waals surface area contributed by atoms with Crippen LogP contribution in [0.3, 0.4) is 0 Å². The third kappa shape index (κ3) is 11.5. The Morgan fingerprint density at radius 2 is 1.10 bits per heavy atom. The standard InChI is InChI=1S/C59H94O28/c1-54(2)14-16-59(53(77)87-51-42(73)38(69)35(66)28(82-51)22-79-48-40(71)36(67)33(64)26(19-60)80-48)17-15-57(6)23(24(59)18-54)8-9-30-56(5)12-11-31(55(3,4)29(56)10-13-58(30,57)7)83-52-43(74)44(84-50-41(72)37(68)34(65)27(20-61)81-50)45(46(86-52)47(75)76)85-49-39(70)32(63)25(62)21-78-49/h8,24-46,48-52,60-74H,9-22H2,1-7H3,(H,75,76). The quantitative estimate of drug-likeness (QED) is 0.0456. The molecule has 0 spiro atoms. The molecule has 32 unspecified atom stereocenters. The number of esters is 1. The third-order valence-corrected chi connectivity index (χ3v) is 23.1. The highest BCUT2D eigenvalue weighted by atomic mass is 16.8. The fourth-order valence-electron chi connectivity index (χ4n) is 17.6. The van der Waals surface area contributed by atoms with Crippen molar-refractivity contribution in [1.82, 2.24) is 0 Å². The van der Waals surface area contributed by atoms with Crippen molar-refractivity contribution in [1.29, 1.82) is 0 Å². The highest BCUT2D eigenvalue weighted by Gasteiger charge is 2.70. The molecule has 10 rings (SSSR count). The van der Waals surface area contributed by atoms with Crippen molar-refractivity contribution in [2.45, 2.75) is 266 Å². The Hall–Kier alpha value is -2.28. The number of hydrogen-bond donors (Lipinski definition) is 16. The molecular formula is C59H94O28. The van der Waals surface area contributed by atoms with Crippen LogP contribution in [0, 0.1) is 50.2 Å². The van der Waals surface area contributed by atoms with Crippen LogP contribution in [0.5, 0.6) is 0 Å². The number of carbonyl (C=O) groups is 2. The molecule has 32 atom stereocenters. The van der Waals surface area contributed by atoms with Gasteiger partial charge in [-0.1, -0.05) is 60.1 Å². The number of carboxylic acid groups (broad SMARTS) is 1. The van der Waals surface area contributed by atoms with Gasteiger partial charge in [0.2, 0.25) is 6.29 Å². The number of allylic oxidation sites excluding steroid dienone is 2. The van der Waals surface area contributed by atoms with E-state index in [9.17, 15) is 86.5 Å². The van der Waals surface area contributed by atoms with Gasteiger partial charge in [0.05, 0.1) is 37.9 Å². The molecule has 16 N–H and O–H groups in total. The fraction of sp³-hybridized carbons (Fsp3) is 0.932. The highest BCUT2D eigenvalue weighted by molar-refractivity contribution is 5.79. The second-order valence-corrected chi connectivity index (χ2v) is 28.7. The van der Waals surface area contributed by atoms with E-state index in [1.165, 1.54) is 5.57 Å². The van der Waals surface area contributed by atoms with Gasteiger partial charge in [-0.25, -0.2) is 4.79 Å². The van der Waals surface area contributed by atoms with Gasteiger partial charge in [-0.05, 0) is 109 Å². The summed E-state index contributed by atoms with van der Waals surface area (Å²) >= 11 is 0. The van der Waals surface area contributed by atoms with Crippen molar-refractivity contribution in [3.05, 3.63) is 11.6 Å². The molecule has 87 heavy (non-hydrogen) atoms. The molecule has 9 fully saturated rings. The minimum Gasteiger partial charge on any atom is -0.479 e. The summed E-state index contributed by atoms with van der Waals surface area (Å²) in [5.41, 5.74) is -1.84. The zero-order valence-electron chi connectivity index (χ0n) is 50.2. The molecule has 0 bridgehead atoms. The Bertz CT molecular complexity index is 2470. The van der Waals surface area contributed by atoms with Crippen LogP contribution < -0.4 is 0 Å². The topological polar surface area (TPSA) is 450 Å². The first-order chi connectivity index (χ1) is 40.7. The molecule has 28 heteroatoms. The lowest BCUT2D eigenvalue weighted by Gasteiger charge is -2.71. The Kier molecular flexibility index (Phi) is 19.3. The number of aliphatic hydroxyl groups excluding tert-OH is 15. The second kappa shape index (κ2) is 24.9. The van der Waals surface area contributed by atoms with E-state index in [-0.39, 0.29) is 34.0 Å². The number of aliphatic carboxylic acids is 1. The van der Waals surface area contributed by atoms with Gasteiger partial charge in [0.15, 0.2) is 31.3 Å². The lowest BCUT2D eigenvalue weighted by Crippen LogP contribution is -2.68. The average Bonchev–Trinajstić information content (AvgIpc) is 0.685. The normalized spacial score (nSPS) is 53.1. The van der Waals surface area contributed by atoms with Crippen molar-refractivity contribution >= 4 is 11.9 Å². The summed E-state index contributed by atoms with van der Waals surface area (Å²) < 4.78 is 59.1. The first-order valence-electron chi connectivity index (χ1n) is 30.7. The van der Waals surface area contributed by atoms with E-state index in [0.29, 0.717) is 51.4 Å². The molecule has 0 aromatic rings. The first kappa shape index (κ1) is 67.6. The summed E-state index contributed by atoms with van der Waals surface area (Å²) in [4.78, 5) is 28.4. The van der Waals surface area contributed by atoms with Crippen LogP contribution in [0.4, 0.5) is 0 Å². The molecule has 0 aromatic carbocycles. The zero-order valence-corrected chi connectivity index (χ0v) is 50.2. The van der Waals surface area contributed by atoms with Crippen molar-refractivity contribution in [2.75, 3.05) is 26.4 Å². The van der Waals surface area contributed by atoms with Crippen LogP contribution in [0.1, 0.15) is 113 Å². The van der Waals surface area contributed by atoms with Crippen LogP contribution in [-0.2, 0) is 57.0 Å². The minimum absolute atomic E-state index is 0.0196. The number of aliphatic hydroxyl groups is 15. The Morgan fingerprint density at radius 1 is 0.552 bits per heavy atom. The summed E-state index contributed by atoms with van der Waals surface area (Å²) in [5.74, 6) is -2.48. The largest absolute Gasteiger partial charge is 0.479 e. The maximum atomic E-state index is 15.2. The minimum atomic E-state index is -2.06. The molecule has 0 amide bonds. The van der Waals surface area contributed by atoms with Crippen molar-refractivity contribution in [2.24, 2.45) is 50.2 Å². The van der Waals surface area contributed by atoms with Crippen molar-refractivity contribution in [3.63, 3.8) is 0 Å². The predicted molar refractivity (Wildman–Crippen MR) is 290 cm³/mol. The van der Waals surface area contributed by atoms with Gasteiger partial charge in [-0.2, -0.15) is 0 Å². The molecule has 10 aliphatic rings. The number of ether oxygens (including phenoxy) is 10.